The molecule has 0 saturated carbocycles. The van der Waals surface area contributed by atoms with E-state index in [4.69, 9.17) is 0 Å². The molecule has 1 unspecified atom stereocenters. The number of hydrogen-bond acceptors (Lipinski definition) is 6. The van der Waals surface area contributed by atoms with Gasteiger partial charge in [0.1, 0.15) is 0 Å². The average molecular weight is 317 g/mol. The molecule has 0 bridgehead atoms. The van der Waals surface area contributed by atoms with E-state index in [1.165, 1.54) is 4.88 Å². The van der Waals surface area contributed by atoms with Crippen LogP contribution in [0.25, 0.3) is 0 Å². The first-order valence-electron chi connectivity index (χ1n) is 7.09. The minimum atomic E-state index is -2.83. The number of nitrogens with one attached hydrogen (secondary N) is 1. The molecule has 1 atom stereocenters. The van der Waals surface area contributed by atoms with E-state index in [1.807, 2.05) is 6.92 Å². The highest BCUT2D eigenvalue weighted by Gasteiger charge is 2.25. The summed E-state index contributed by atoms with van der Waals surface area (Å²) in [4.78, 5) is 7.96. The molecule has 0 radical (unpaired) electrons. The lowest BCUT2D eigenvalue weighted by Crippen LogP contribution is -2.40. The average Bonchev–Trinajstić information content (AvgIpc) is 2.78. The number of anilines is 1. The number of thiazole rings is 1. The van der Waals surface area contributed by atoms with Gasteiger partial charge in [0.2, 0.25) is 0 Å². The SMILES string of the molecule is CCCNC(C)c1sc(N2CCS(=O)(=O)CC2)nc1C. The lowest BCUT2D eigenvalue weighted by atomic mass is 10.2. The van der Waals surface area contributed by atoms with E-state index in [-0.39, 0.29) is 11.5 Å². The molecule has 1 saturated heterocycles. The molecule has 20 heavy (non-hydrogen) atoms. The van der Waals surface area contributed by atoms with Crippen molar-refractivity contribution in [3.05, 3.63) is 10.6 Å². The van der Waals surface area contributed by atoms with Gasteiger partial charge in [0.25, 0.3) is 0 Å². The first-order chi connectivity index (χ1) is 9.43. The summed E-state index contributed by atoms with van der Waals surface area (Å²) in [5, 5.41) is 4.43. The Bertz CT molecular complexity index is 540. The number of rotatable bonds is 5. The Labute approximate surface area is 125 Å². The summed E-state index contributed by atoms with van der Waals surface area (Å²) in [5.41, 5.74) is 1.05. The Morgan fingerprint density at radius 2 is 2.05 bits per heavy atom. The Balaban J connectivity index is 2.07. The summed E-state index contributed by atoms with van der Waals surface area (Å²) in [6.07, 6.45) is 1.11. The van der Waals surface area contributed by atoms with Crippen LogP contribution in [0.2, 0.25) is 0 Å². The summed E-state index contributed by atoms with van der Waals surface area (Å²) in [5.74, 6) is 0.481. The largest absolute Gasteiger partial charge is 0.346 e. The summed E-state index contributed by atoms with van der Waals surface area (Å²) in [6.45, 7) is 8.45. The number of nitrogens with zero attached hydrogens (tertiary/aromatic N) is 2. The van der Waals surface area contributed by atoms with Gasteiger partial charge in [0.05, 0.1) is 17.2 Å². The molecular weight excluding hydrogens is 294 g/mol. The molecule has 0 aromatic carbocycles. The van der Waals surface area contributed by atoms with Crippen molar-refractivity contribution >= 4 is 26.3 Å². The maximum atomic E-state index is 11.5. The van der Waals surface area contributed by atoms with E-state index in [1.54, 1.807) is 11.3 Å². The van der Waals surface area contributed by atoms with Gasteiger partial charge in [-0.1, -0.05) is 6.92 Å². The van der Waals surface area contributed by atoms with Crippen LogP contribution in [0.5, 0.6) is 0 Å². The van der Waals surface area contributed by atoms with E-state index >= 15 is 0 Å². The van der Waals surface area contributed by atoms with Crippen molar-refractivity contribution < 1.29 is 8.42 Å². The van der Waals surface area contributed by atoms with Crippen LogP contribution >= 0.6 is 11.3 Å². The highest BCUT2D eigenvalue weighted by molar-refractivity contribution is 7.91. The van der Waals surface area contributed by atoms with Crippen molar-refractivity contribution in [3.8, 4) is 0 Å². The normalized spacial score (nSPS) is 20.1. The Morgan fingerprint density at radius 1 is 1.40 bits per heavy atom. The minimum Gasteiger partial charge on any atom is -0.346 e. The van der Waals surface area contributed by atoms with Gasteiger partial charge in [-0.05, 0) is 26.8 Å². The number of aryl methyl sites for hydroxylation is 1. The van der Waals surface area contributed by atoms with Crippen LogP contribution in [0, 0.1) is 6.92 Å². The zero-order valence-corrected chi connectivity index (χ0v) is 14.0. The minimum absolute atomic E-state index is 0.241. The highest BCUT2D eigenvalue weighted by Crippen LogP contribution is 2.31. The highest BCUT2D eigenvalue weighted by atomic mass is 32.2. The van der Waals surface area contributed by atoms with E-state index in [0.29, 0.717) is 19.1 Å². The monoisotopic (exact) mass is 317 g/mol. The smallest absolute Gasteiger partial charge is 0.185 e. The molecule has 1 aromatic rings. The van der Waals surface area contributed by atoms with Crippen molar-refractivity contribution in [2.75, 3.05) is 36.0 Å². The van der Waals surface area contributed by atoms with Crippen LogP contribution in [0.15, 0.2) is 0 Å². The standard InChI is InChI=1S/C13H23N3O2S2/c1-4-5-14-10(2)12-11(3)15-13(19-12)16-6-8-20(17,18)9-7-16/h10,14H,4-9H2,1-3H3. The van der Waals surface area contributed by atoms with E-state index < -0.39 is 9.84 Å². The quantitative estimate of drug-likeness (QED) is 0.896. The molecule has 2 heterocycles. The maximum Gasteiger partial charge on any atom is 0.185 e. The third kappa shape index (κ3) is 3.71. The van der Waals surface area contributed by atoms with Crippen LogP contribution in [0.1, 0.15) is 36.9 Å². The second-order valence-electron chi connectivity index (χ2n) is 5.26. The van der Waals surface area contributed by atoms with Gasteiger partial charge in [-0.15, -0.1) is 11.3 Å². The molecule has 1 N–H and O–H groups in total. The second-order valence-corrected chi connectivity index (χ2v) is 8.57. The zero-order chi connectivity index (χ0) is 14.8. The van der Waals surface area contributed by atoms with Gasteiger partial charge >= 0.3 is 0 Å². The maximum absolute atomic E-state index is 11.5. The summed E-state index contributed by atoms with van der Waals surface area (Å²) in [6, 6.07) is 0.301. The summed E-state index contributed by atoms with van der Waals surface area (Å²) < 4.78 is 22.9. The molecule has 0 amide bonds. The van der Waals surface area contributed by atoms with Crippen LogP contribution in [0.3, 0.4) is 0 Å². The van der Waals surface area contributed by atoms with E-state index in [9.17, 15) is 8.42 Å². The Kier molecular flexibility index (Phi) is 5.04. The van der Waals surface area contributed by atoms with Crippen LogP contribution < -0.4 is 10.2 Å². The van der Waals surface area contributed by atoms with E-state index in [0.717, 1.165) is 23.8 Å². The first-order valence-corrected chi connectivity index (χ1v) is 9.73. The molecule has 1 aliphatic heterocycles. The van der Waals surface area contributed by atoms with Crippen molar-refractivity contribution in [2.24, 2.45) is 0 Å². The van der Waals surface area contributed by atoms with Gasteiger partial charge in [0.15, 0.2) is 15.0 Å². The number of aromatic nitrogens is 1. The van der Waals surface area contributed by atoms with Gasteiger partial charge in [0, 0.05) is 24.0 Å². The Morgan fingerprint density at radius 3 is 2.65 bits per heavy atom. The van der Waals surface area contributed by atoms with Gasteiger partial charge < -0.3 is 10.2 Å². The predicted octanol–water partition coefficient (Wildman–Crippen LogP) is 1.75. The van der Waals surface area contributed by atoms with Crippen molar-refractivity contribution in [1.82, 2.24) is 10.3 Å². The predicted molar refractivity (Wildman–Crippen MR) is 84.4 cm³/mol. The lowest BCUT2D eigenvalue weighted by Gasteiger charge is -2.26. The molecule has 1 fully saturated rings. The lowest BCUT2D eigenvalue weighted by molar-refractivity contribution is 0.575. The number of hydrogen-bond donors (Lipinski definition) is 1. The molecule has 0 spiro atoms. The third-order valence-electron chi connectivity index (χ3n) is 3.53. The molecular formula is C13H23N3O2S2. The third-order valence-corrected chi connectivity index (χ3v) is 6.54. The fourth-order valence-electron chi connectivity index (χ4n) is 2.29. The van der Waals surface area contributed by atoms with E-state index in [2.05, 4.69) is 29.0 Å². The first kappa shape index (κ1) is 15.7. The van der Waals surface area contributed by atoms with Crippen LogP contribution in [0.4, 0.5) is 5.13 Å². The van der Waals surface area contributed by atoms with Crippen LogP contribution in [-0.2, 0) is 9.84 Å². The van der Waals surface area contributed by atoms with Crippen molar-refractivity contribution in [1.29, 1.82) is 0 Å². The second kappa shape index (κ2) is 6.41. The molecule has 114 valence electrons. The fourth-order valence-corrected chi connectivity index (χ4v) is 4.63. The summed E-state index contributed by atoms with van der Waals surface area (Å²) in [7, 11) is -2.83. The molecule has 2 rings (SSSR count). The van der Waals surface area contributed by atoms with Gasteiger partial charge in [-0.25, -0.2) is 13.4 Å². The van der Waals surface area contributed by atoms with Crippen molar-refractivity contribution in [3.63, 3.8) is 0 Å². The molecule has 5 nitrogen and oxygen atoms in total. The number of sulfone groups is 1. The topological polar surface area (TPSA) is 62.3 Å². The van der Waals surface area contributed by atoms with Crippen LogP contribution in [-0.4, -0.2) is 44.5 Å². The molecule has 7 heteroatoms. The van der Waals surface area contributed by atoms with Crippen molar-refractivity contribution in [2.45, 2.75) is 33.2 Å². The van der Waals surface area contributed by atoms with Gasteiger partial charge in [-0.2, -0.15) is 0 Å². The molecule has 1 aromatic heterocycles. The van der Waals surface area contributed by atoms with Gasteiger partial charge in [-0.3, -0.25) is 0 Å². The molecule has 1 aliphatic rings. The fraction of sp³-hybridized carbons (Fsp3) is 0.769. The zero-order valence-electron chi connectivity index (χ0n) is 12.3. The Hall–Kier alpha value is -0.660. The summed E-state index contributed by atoms with van der Waals surface area (Å²) >= 11 is 1.68. The molecule has 0 aliphatic carbocycles.